The van der Waals surface area contributed by atoms with E-state index < -0.39 is 6.09 Å². The number of piperazine rings is 1. The molecule has 0 atom stereocenters. The lowest BCUT2D eigenvalue weighted by Crippen LogP contribution is -2.48. The summed E-state index contributed by atoms with van der Waals surface area (Å²) in [6.45, 7) is 2.40. The van der Waals surface area contributed by atoms with Crippen LogP contribution in [0.1, 0.15) is 0 Å². The van der Waals surface area contributed by atoms with Crippen LogP contribution in [0.5, 0.6) is 0 Å². The van der Waals surface area contributed by atoms with Crippen LogP contribution < -0.4 is 4.90 Å². The van der Waals surface area contributed by atoms with Gasteiger partial charge in [-0.25, -0.2) is 9.78 Å². The number of halogens is 1. The average molecular weight is 413 g/mol. The van der Waals surface area contributed by atoms with Gasteiger partial charge in [0.15, 0.2) is 0 Å². The number of benzene rings is 2. The van der Waals surface area contributed by atoms with E-state index >= 15 is 0 Å². The molecule has 1 aliphatic rings. The Hall–Kier alpha value is -2.67. The fourth-order valence-electron chi connectivity index (χ4n) is 3.16. The highest BCUT2D eigenvalue weighted by Gasteiger charge is 2.20. The van der Waals surface area contributed by atoms with Gasteiger partial charge in [-0.3, -0.25) is 4.98 Å². The van der Waals surface area contributed by atoms with Gasteiger partial charge in [-0.2, -0.15) is 0 Å². The van der Waals surface area contributed by atoms with E-state index in [0.717, 1.165) is 32.5 Å². The van der Waals surface area contributed by atoms with Gasteiger partial charge in [0.1, 0.15) is 5.52 Å². The van der Waals surface area contributed by atoms with E-state index in [-0.39, 0.29) is 0 Å². The van der Waals surface area contributed by atoms with Gasteiger partial charge in [0.05, 0.1) is 17.4 Å². The van der Waals surface area contributed by atoms with Crippen LogP contribution in [0.3, 0.4) is 0 Å². The minimum atomic E-state index is -0.851. The van der Waals surface area contributed by atoms with Crippen molar-refractivity contribution in [2.24, 2.45) is 0 Å². The third-order valence-corrected chi connectivity index (χ3v) is 5.22. The summed E-state index contributed by atoms with van der Waals surface area (Å²) in [4.78, 5) is 24.0. The van der Waals surface area contributed by atoms with Gasteiger partial charge < -0.3 is 14.9 Å². The Balaban J connectivity index is 1.62. The van der Waals surface area contributed by atoms with Crippen LogP contribution >= 0.6 is 15.9 Å². The van der Waals surface area contributed by atoms with Gasteiger partial charge in [0, 0.05) is 41.9 Å². The first-order valence-electron chi connectivity index (χ1n) is 8.36. The molecule has 4 rings (SSSR count). The molecule has 0 aliphatic carbocycles. The minimum Gasteiger partial charge on any atom is -0.465 e. The molecule has 6 nitrogen and oxygen atoms in total. The van der Waals surface area contributed by atoms with Crippen molar-refractivity contribution >= 4 is 38.7 Å². The van der Waals surface area contributed by atoms with Crippen LogP contribution in [0.4, 0.5) is 10.5 Å². The molecule has 1 aromatic heterocycles. The van der Waals surface area contributed by atoms with Gasteiger partial charge in [0.2, 0.25) is 0 Å². The van der Waals surface area contributed by atoms with Gasteiger partial charge in [0.25, 0.3) is 0 Å². The zero-order valence-electron chi connectivity index (χ0n) is 14.0. The standard InChI is InChI=1S/C19H17BrN4O2/c20-15-5-2-6-16-18(15)22-17(12-21-16)13-3-1-4-14(11-13)23-7-9-24(10-8-23)19(25)26/h1-6,11-12H,7-10H2,(H,25,26). The van der Waals surface area contributed by atoms with E-state index in [0.29, 0.717) is 26.2 Å². The molecule has 2 heterocycles. The summed E-state index contributed by atoms with van der Waals surface area (Å²) in [5.74, 6) is 0. The number of carbonyl (C=O) groups is 1. The molecule has 1 aliphatic heterocycles. The van der Waals surface area contributed by atoms with Crippen molar-refractivity contribution in [3.8, 4) is 11.3 Å². The van der Waals surface area contributed by atoms with E-state index in [2.05, 4.69) is 31.9 Å². The molecule has 1 saturated heterocycles. The van der Waals surface area contributed by atoms with Crippen molar-refractivity contribution in [2.45, 2.75) is 0 Å². The quantitative estimate of drug-likeness (QED) is 0.691. The number of anilines is 1. The molecule has 0 bridgehead atoms. The Kier molecular flexibility index (Phi) is 4.46. The number of rotatable bonds is 2. The van der Waals surface area contributed by atoms with Crippen LogP contribution in [0.2, 0.25) is 0 Å². The second kappa shape index (κ2) is 6.92. The fourth-order valence-corrected chi connectivity index (χ4v) is 3.60. The topological polar surface area (TPSA) is 69.6 Å². The molecular formula is C19H17BrN4O2. The van der Waals surface area contributed by atoms with E-state index in [1.807, 2.05) is 36.4 Å². The number of carboxylic acid groups (broad SMARTS) is 1. The summed E-state index contributed by atoms with van der Waals surface area (Å²) < 4.78 is 0.922. The normalized spacial score (nSPS) is 14.7. The first-order valence-corrected chi connectivity index (χ1v) is 9.15. The lowest BCUT2D eigenvalue weighted by Gasteiger charge is -2.34. The second-order valence-corrected chi connectivity index (χ2v) is 7.02. The molecule has 132 valence electrons. The van der Waals surface area contributed by atoms with Crippen molar-refractivity contribution in [1.29, 1.82) is 0 Å². The van der Waals surface area contributed by atoms with Crippen LogP contribution in [-0.4, -0.2) is 52.2 Å². The van der Waals surface area contributed by atoms with Crippen molar-refractivity contribution in [2.75, 3.05) is 31.1 Å². The molecule has 0 radical (unpaired) electrons. The van der Waals surface area contributed by atoms with E-state index in [1.54, 1.807) is 6.20 Å². The van der Waals surface area contributed by atoms with E-state index in [4.69, 9.17) is 10.1 Å². The minimum absolute atomic E-state index is 0.516. The molecule has 0 unspecified atom stereocenters. The molecule has 7 heteroatoms. The Morgan fingerprint density at radius 3 is 2.62 bits per heavy atom. The largest absolute Gasteiger partial charge is 0.465 e. The molecule has 2 aromatic carbocycles. The maximum Gasteiger partial charge on any atom is 0.407 e. The number of para-hydroxylation sites is 1. The van der Waals surface area contributed by atoms with Gasteiger partial charge in [-0.1, -0.05) is 18.2 Å². The molecule has 1 N–H and O–H groups in total. The number of amides is 1. The van der Waals surface area contributed by atoms with Crippen LogP contribution in [0.25, 0.3) is 22.3 Å². The molecule has 1 fully saturated rings. The van der Waals surface area contributed by atoms with Crippen molar-refractivity contribution < 1.29 is 9.90 Å². The summed E-state index contributed by atoms with van der Waals surface area (Å²) in [6.07, 6.45) is 0.936. The maximum atomic E-state index is 11.1. The predicted molar refractivity (Wildman–Crippen MR) is 104 cm³/mol. The summed E-state index contributed by atoms with van der Waals surface area (Å²) in [6, 6.07) is 14.0. The maximum absolute atomic E-state index is 11.1. The van der Waals surface area contributed by atoms with Gasteiger partial charge >= 0.3 is 6.09 Å². The van der Waals surface area contributed by atoms with Crippen molar-refractivity contribution in [3.05, 3.63) is 53.1 Å². The molecule has 26 heavy (non-hydrogen) atoms. The Morgan fingerprint density at radius 1 is 1.08 bits per heavy atom. The second-order valence-electron chi connectivity index (χ2n) is 6.17. The summed E-state index contributed by atoms with van der Waals surface area (Å²) in [5, 5.41) is 9.09. The number of hydrogen-bond donors (Lipinski definition) is 1. The Morgan fingerprint density at radius 2 is 1.85 bits per heavy atom. The lowest BCUT2D eigenvalue weighted by atomic mass is 10.1. The summed E-state index contributed by atoms with van der Waals surface area (Å²) in [7, 11) is 0. The third kappa shape index (κ3) is 3.22. The van der Waals surface area contributed by atoms with Gasteiger partial charge in [-0.05, 0) is 40.2 Å². The van der Waals surface area contributed by atoms with Gasteiger partial charge in [-0.15, -0.1) is 0 Å². The van der Waals surface area contributed by atoms with E-state index in [9.17, 15) is 4.79 Å². The zero-order valence-corrected chi connectivity index (χ0v) is 15.6. The highest BCUT2D eigenvalue weighted by molar-refractivity contribution is 9.10. The highest BCUT2D eigenvalue weighted by Crippen LogP contribution is 2.27. The molecule has 0 saturated carbocycles. The zero-order chi connectivity index (χ0) is 18.1. The van der Waals surface area contributed by atoms with E-state index in [1.165, 1.54) is 4.90 Å². The monoisotopic (exact) mass is 412 g/mol. The van der Waals surface area contributed by atoms with Crippen LogP contribution in [0, 0.1) is 0 Å². The summed E-state index contributed by atoms with van der Waals surface area (Å²) in [5.41, 5.74) is 4.57. The molecule has 0 spiro atoms. The molecule has 3 aromatic rings. The van der Waals surface area contributed by atoms with Crippen LogP contribution in [-0.2, 0) is 0 Å². The molecule has 1 amide bonds. The first kappa shape index (κ1) is 16.8. The number of hydrogen-bond acceptors (Lipinski definition) is 4. The lowest BCUT2D eigenvalue weighted by molar-refractivity contribution is 0.142. The smallest absolute Gasteiger partial charge is 0.407 e. The summed E-state index contributed by atoms with van der Waals surface area (Å²) >= 11 is 3.53. The number of nitrogens with zero attached hydrogens (tertiary/aromatic N) is 4. The van der Waals surface area contributed by atoms with Crippen LogP contribution in [0.15, 0.2) is 53.1 Å². The van der Waals surface area contributed by atoms with Crippen molar-refractivity contribution in [3.63, 3.8) is 0 Å². The molecular weight excluding hydrogens is 396 g/mol. The Labute approximate surface area is 159 Å². The van der Waals surface area contributed by atoms with Crippen molar-refractivity contribution in [1.82, 2.24) is 14.9 Å². The first-order chi connectivity index (χ1) is 12.6. The number of aromatic nitrogens is 2. The SMILES string of the molecule is O=C(O)N1CCN(c2cccc(-c3cnc4cccc(Br)c4n3)c2)CC1. The fraction of sp³-hybridized carbons (Fsp3) is 0.211. The predicted octanol–water partition coefficient (Wildman–Crippen LogP) is 3.86. The Bertz CT molecular complexity index is 971. The third-order valence-electron chi connectivity index (χ3n) is 4.58. The average Bonchev–Trinajstić information content (AvgIpc) is 2.68. The number of fused-ring (bicyclic) bond motifs is 1. The highest BCUT2D eigenvalue weighted by atomic mass is 79.9.